The lowest BCUT2D eigenvalue weighted by molar-refractivity contribution is -0.152. The molecule has 0 radical (unpaired) electrons. The largest absolute Gasteiger partial charge is 0.454 e. The van der Waals surface area contributed by atoms with Gasteiger partial charge in [0, 0.05) is 20.6 Å². The van der Waals surface area contributed by atoms with Crippen molar-refractivity contribution in [1.29, 1.82) is 0 Å². The van der Waals surface area contributed by atoms with Crippen LogP contribution in [-0.4, -0.2) is 57.3 Å². The summed E-state index contributed by atoms with van der Waals surface area (Å²) in [5, 5.41) is 5.23. The van der Waals surface area contributed by atoms with E-state index in [2.05, 4.69) is 10.6 Å². The molecule has 0 fully saturated rings. The van der Waals surface area contributed by atoms with Crippen molar-refractivity contribution in [3.05, 3.63) is 65.7 Å². The summed E-state index contributed by atoms with van der Waals surface area (Å²) in [6.45, 7) is 2.91. The average molecular weight is 490 g/mol. The molecule has 0 aliphatic rings. The second-order valence-corrected chi connectivity index (χ2v) is 10.4. The predicted octanol–water partition coefficient (Wildman–Crippen LogP) is 1.48. The molecule has 10 heteroatoms. The molecule has 0 heterocycles. The van der Waals surface area contributed by atoms with E-state index in [9.17, 15) is 22.8 Å². The van der Waals surface area contributed by atoms with E-state index in [1.807, 2.05) is 30.3 Å². The summed E-state index contributed by atoms with van der Waals surface area (Å²) >= 11 is 0. The Morgan fingerprint density at radius 1 is 0.941 bits per heavy atom. The van der Waals surface area contributed by atoms with Gasteiger partial charge in [-0.15, -0.1) is 0 Å². The number of carbonyl (C=O) groups is 3. The van der Waals surface area contributed by atoms with Crippen LogP contribution >= 0.6 is 0 Å². The smallest absolute Gasteiger partial charge is 0.329 e. The van der Waals surface area contributed by atoms with Gasteiger partial charge in [0.15, 0.2) is 6.61 Å². The third kappa shape index (κ3) is 7.67. The summed E-state index contributed by atoms with van der Waals surface area (Å²) in [6, 6.07) is 14.5. The number of carbonyl (C=O) groups excluding carboxylic acids is 3. The molecule has 0 spiro atoms. The number of rotatable bonds is 11. The highest BCUT2D eigenvalue weighted by Gasteiger charge is 2.26. The van der Waals surface area contributed by atoms with Gasteiger partial charge in [0.05, 0.1) is 11.3 Å². The highest BCUT2D eigenvalue weighted by molar-refractivity contribution is 7.89. The first-order valence-electron chi connectivity index (χ1n) is 10.8. The molecule has 0 aromatic heterocycles. The van der Waals surface area contributed by atoms with Crippen molar-refractivity contribution in [2.75, 3.05) is 20.7 Å². The number of hydrogen-bond acceptors (Lipinski definition) is 6. The second-order valence-electron chi connectivity index (χ2n) is 8.23. The van der Waals surface area contributed by atoms with E-state index in [4.69, 9.17) is 4.74 Å². The van der Waals surface area contributed by atoms with Crippen LogP contribution in [0.2, 0.25) is 0 Å². The Kier molecular flexibility index (Phi) is 9.76. The molecule has 34 heavy (non-hydrogen) atoms. The summed E-state index contributed by atoms with van der Waals surface area (Å²) in [5.74, 6) is -1.89. The van der Waals surface area contributed by atoms with Gasteiger partial charge in [-0.05, 0) is 23.1 Å². The van der Waals surface area contributed by atoms with Crippen LogP contribution in [0.15, 0.2) is 59.5 Å². The molecule has 2 amide bonds. The summed E-state index contributed by atoms with van der Waals surface area (Å²) in [7, 11) is -0.831. The quantitative estimate of drug-likeness (QED) is 0.461. The SMILES string of the molecule is CC(C)[C@H](NC(=O)Cc1ccccc1)C(=O)OCC(=O)NCc1ccccc1S(=O)(=O)N(C)C. The maximum atomic E-state index is 12.5. The Labute approximate surface area is 200 Å². The Bertz CT molecular complexity index is 1100. The molecular weight excluding hydrogens is 458 g/mol. The zero-order valence-electron chi connectivity index (χ0n) is 19.8. The lowest BCUT2D eigenvalue weighted by Gasteiger charge is -2.21. The monoisotopic (exact) mass is 489 g/mol. The zero-order valence-corrected chi connectivity index (χ0v) is 20.6. The van der Waals surface area contributed by atoms with Crippen LogP contribution in [0.4, 0.5) is 0 Å². The van der Waals surface area contributed by atoms with E-state index in [0.29, 0.717) is 5.56 Å². The molecule has 2 rings (SSSR count). The van der Waals surface area contributed by atoms with Crippen LogP contribution in [0.5, 0.6) is 0 Å². The van der Waals surface area contributed by atoms with E-state index in [0.717, 1.165) is 9.87 Å². The van der Waals surface area contributed by atoms with E-state index in [1.165, 1.54) is 20.2 Å². The first kappa shape index (κ1) is 27.0. The molecule has 2 aromatic rings. The molecule has 0 aliphatic carbocycles. The summed E-state index contributed by atoms with van der Waals surface area (Å²) in [5.41, 5.74) is 1.22. The summed E-state index contributed by atoms with van der Waals surface area (Å²) in [6.07, 6.45) is 0.118. The van der Waals surface area contributed by atoms with Crippen molar-refractivity contribution in [3.8, 4) is 0 Å². The third-order valence-electron chi connectivity index (χ3n) is 5.00. The van der Waals surface area contributed by atoms with Crippen molar-refractivity contribution in [3.63, 3.8) is 0 Å². The van der Waals surface area contributed by atoms with Crippen LogP contribution in [-0.2, 0) is 42.1 Å². The number of benzene rings is 2. The standard InChI is InChI=1S/C24H31N3O6S/c1-17(2)23(26-21(28)14-18-10-6-5-7-11-18)24(30)33-16-22(29)25-15-19-12-8-9-13-20(19)34(31,32)27(3)4/h5-13,17,23H,14-16H2,1-4H3,(H,25,29)(H,26,28)/t23-/m0/s1. The zero-order chi connectivity index (χ0) is 25.3. The molecule has 2 aromatic carbocycles. The lowest BCUT2D eigenvalue weighted by Crippen LogP contribution is -2.46. The third-order valence-corrected chi connectivity index (χ3v) is 6.91. The number of amides is 2. The van der Waals surface area contributed by atoms with Gasteiger partial charge in [-0.25, -0.2) is 17.5 Å². The van der Waals surface area contributed by atoms with Crippen LogP contribution in [0.3, 0.4) is 0 Å². The van der Waals surface area contributed by atoms with Crippen LogP contribution in [0.1, 0.15) is 25.0 Å². The predicted molar refractivity (Wildman–Crippen MR) is 127 cm³/mol. The fraction of sp³-hybridized carbons (Fsp3) is 0.375. The average Bonchev–Trinajstić information content (AvgIpc) is 2.80. The van der Waals surface area contributed by atoms with Crippen molar-refractivity contribution < 1.29 is 27.5 Å². The molecule has 0 saturated heterocycles. The fourth-order valence-electron chi connectivity index (χ4n) is 3.07. The minimum absolute atomic E-state index is 0.0545. The molecule has 0 aliphatic heterocycles. The van der Waals surface area contributed by atoms with Gasteiger partial charge in [0.2, 0.25) is 15.9 Å². The Morgan fingerprint density at radius 2 is 1.56 bits per heavy atom. The van der Waals surface area contributed by atoms with E-state index in [1.54, 1.807) is 32.0 Å². The highest BCUT2D eigenvalue weighted by atomic mass is 32.2. The Hall–Kier alpha value is -3.24. The maximum absolute atomic E-state index is 12.5. The summed E-state index contributed by atoms with van der Waals surface area (Å²) < 4.78 is 31.1. The molecule has 1 atom stereocenters. The van der Waals surface area contributed by atoms with E-state index < -0.39 is 34.5 Å². The number of nitrogens with zero attached hydrogens (tertiary/aromatic N) is 1. The summed E-state index contributed by atoms with van der Waals surface area (Å²) in [4.78, 5) is 37.2. The number of sulfonamides is 1. The normalized spacial score (nSPS) is 12.3. The van der Waals surface area contributed by atoms with Crippen LogP contribution in [0.25, 0.3) is 0 Å². The van der Waals surface area contributed by atoms with Gasteiger partial charge in [-0.3, -0.25) is 9.59 Å². The second kappa shape index (κ2) is 12.3. The van der Waals surface area contributed by atoms with Gasteiger partial charge in [0.1, 0.15) is 6.04 Å². The fourth-order valence-corrected chi connectivity index (χ4v) is 4.19. The van der Waals surface area contributed by atoms with Crippen LogP contribution < -0.4 is 10.6 Å². The first-order chi connectivity index (χ1) is 16.0. The minimum atomic E-state index is -3.68. The van der Waals surface area contributed by atoms with Crippen molar-refractivity contribution in [2.24, 2.45) is 5.92 Å². The van der Waals surface area contributed by atoms with Gasteiger partial charge in [-0.2, -0.15) is 0 Å². The molecule has 184 valence electrons. The highest BCUT2D eigenvalue weighted by Crippen LogP contribution is 2.18. The maximum Gasteiger partial charge on any atom is 0.329 e. The van der Waals surface area contributed by atoms with Gasteiger partial charge < -0.3 is 15.4 Å². The molecule has 9 nitrogen and oxygen atoms in total. The topological polar surface area (TPSA) is 122 Å². The number of nitrogens with one attached hydrogen (secondary N) is 2. The van der Waals surface area contributed by atoms with Crippen molar-refractivity contribution >= 4 is 27.8 Å². The van der Waals surface area contributed by atoms with Crippen molar-refractivity contribution in [1.82, 2.24) is 14.9 Å². The van der Waals surface area contributed by atoms with Crippen molar-refractivity contribution in [2.45, 2.75) is 37.8 Å². The number of esters is 1. The lowest BCUT2D eigenvalue weighted by atomic mass is 10.0. The number of ether oxygens (including phenoxy) is 1. The molecule has 0 unspecified atom stereocenters. The van der Waals surface area contributed by atoms with Gasteiger partial charge >= 0.3 is 5.97 Å². The van der Waals surface area contributed by atoms with E-state index >= 15 is 0 Å². The minimum Gasteiger partial charge on any atom is -0.454 e. The molecule has 2 N–H and O–H groups in total. The molecule has 0 saturated carbocycles. The van der Waals surface area contributed by atoms with Gasteiger partial charge in [-0.1, -0.05) is 62.4 Å². The van der Waals surface area contributed by atoms with Crippen LogP contribution in [0, 0.1) is 5.92 Å². The molecular formula is C24H31N3O6S. The molecule has 0 bridgehead atoms. The van der Waals surface area contributed by atoms with E-state index in [-0.39, 0.29) is 29.7 Å². The Balaban J connectivity index is 1.91. The Morgan fingerprint density at radius 3 is 2.18 bits per heavy atom. The first-order valence-corrected chi connectivity index (χ1v) is 12.2. The van der Waals surface area contributed by atoms with Gasteiger partial charge in [0.25, 0.3) is 5.91 Å². The number of hydrogen-bond donors (Lipinski definition) is 2.